The second-order valence-corrected chi connectivity index (χ2v) is 4.89. The Bertz CT molecular complexity index is 822. The molecular weight excluding hydrogens is 253 g/mol. The highest BCUT2D eigenvalue weighted by atomic mass is 19.1. The van der Waals surface area contributed by atoms with E-state index in [0.29, 0.717) is 17.3 Å². The van der Waals surface area contributed by atoms with E-state index in [1.807, 2.05) is 37.3 Å². The molecule has 3 heteroatoms. The molecule has 3 aromatic rings. The lowest BCUT2D eigenvalue weighted by molar-refractivity contribution is 0.638. The topological polar surface area (TPSA) is 22.0 Å². The van der Waals surface area contributed by atoms with Gasteiger partial charge in [0.05, 0.1) is 11.9 Å². The van der Waals surface area contributed by atoms with Gasteiger partial charge in [0.25, 0.3) is 5.56 Å². The smallest absolute Gasteiger partial charge is 0.258 e. The monoisotopic (exact) mass is 267 g/mol. The van der Waals surface area contributed by atoms with Gasteiger partial charge in [0.15, 0.2) is 0 Å². The lowest BCUT2D eigenvalue weighted by Gasteiger charge is -2.10. The largest absolute Gasteiger partial charge is 0.310 e. The minimum absolute atomic E-state index is 0.158. The van der Waals surface area contributed by atoms with E-state index < -0.39 is 0 Å². The molecule has 1 heterocycles. The van der Waals surface area contributed by atoms with Crippen molar-refractivity contribution in [1.82, 2.24) is 4.57 Å². The zero-order chi connectivity index (χ0) is 14.1. The molecule has 2 nitrogen and oxygen atoms in total. The van der Waals surface area contributed by atoms with E-state index in [-0.39, 0.29) is 11.4 Å². The van der Waals surface area contributed by atoms with Crippen LogP contribution in [0, 0.1) is 12.7 Å². The van der Waals surface area contributed by atoms with E-state index in [1.54, 1.807) is 22.9 Å². The van der Waals surface area contributed by atoms with Gasteiger partial charge in [-0.2, -0.15) is 0 Å². The highest BCUT2D eigenvalue weighted by Crippen LogP contribution is 2.18. The van der Waals surface area contributed by atoms with Crippen LogP contribution in [0.4, 0.5) is 4.39 Å². The molecule has 1 aromatic heterocycles. The molecule has 0 atom stereocenters. The Morgan fingerprint density at radius 3 is 2.55 bits per heavy atom. The number of halogens is 1. The summed E-state index contributed by atoms with van der Waals surface area (Å²) in [7, 11) is 0. The molecule has 0 N–H and O–H groups in total. The zero-order valence-electron chi connectivity index (χ0n) is 11.1. The van der Waals surface area contributed by atoms with E-state index in [9.17, 15) is 9.18 Å². The number of nitrogens with zero attached hydrogens (tertiary/aromatic N) is 1. The van der Waals surface area contributed by atoms with Crippen LogP contribution in [0.25, 0.3) is 10.8 Å². The first-order chi connectivity index (χ1) is 9.66. The van der Waals surface area contributed by atoms with E-state index in [1.165, 1.54) is 6.07 Å². The normalized spacial score (nSPS) is 10.9. The predicted molar refractivity (Wildman–Crippen MR) is 78.4 cm³/mol. The molecule has 3 rings (SSSR count). The van der Waals surface area contributed by atoms with Crippen molar-refractivity contribution in [2.75, 3.05) is 0 Å². The molecule has 20 heavy (non-hydrogen) atoms. The summed E-state index contributed by atoms with van der Waals surface area (Å²) >= 11 is 0. The molecule has 0 saturated heterocycles. The Kier molecular flexibility index (Phi) is 3.11. The summed E-state index contributed by atoms with van der Waals surface area (Å²) in [6.45, 7) is 2.32. The van der Waals surface area contributed by atoms with Crippen LogP contribution in [0.2, 0.25) is 0 Å². The van der Waals surface area contributed by atoms with Crippen molar-refractivity contribution in [3.05, 3.63) is 82.0 Å². The number of aryl methyl sites for hydroxylation is 1. The van der Waals surface area contributed by atoms with Crippen molar-refractivity contribution in [2.45, 2.75) is 13.5 Å². The van der Waals surface area contributed by atoms with Gasteiger partial charge in [-0.3, -0.25) is 4.79 Å². The fraction of sp³-hybridized carbons (Fsp3) is 0.118. The molecule has 0 radical (unpaired) electrons. The summed E-state index contributed by atoms with van der Waals surface area (Å²) in [6.07, 6.45) is 1.72. The number of aromatic nitrogens is 1. The van der Waals surface area contributed by atoms with Crippen LogP contribution in [-0.2, 0) is 6.54 Å². The van der Waals surface area contributed by atoms with Gasteiger partial charge in [-0.25, -0.2) is 4.39 Å². The minimum atomic E-state index is -0.344. The average molecular weight is 267 g/mol. The quantitative estimate of drug-likeness (QED) is 0.696. The van der Waals surface area contributed by atoms with Crippen molar-refractivity contribution >= 4 is 10.8 Å². The summed E-state index contributed by atoms with van der Waals surface area (Å²) in [4.78, 5) is 12.4. The standard InChI is InChI=1S/C17H14FNO/c1-12-10-19(11-13-6-3-2-4-7-13)17(20)14-8-5-9-15(18)16(12)14/h2-10H,11H2,1H3. The first kappa shape index (κ1) is 12.6. The van der Waals surface area contributed by atoms with Gasteiger partial charge in [-0.1, -0.05) is 36.4 Å². The molecule has 0 fully saturated rings. The van der Waals surface area contributed by atoms with Crippen LogP contribution < -0.4 is 5.56 Å². The zero-order valence-corrected chi connectivity index (χ0v) is 11.1. The van der Waals surface area contributed by atoms with E-state index >= 15 is 0 Å². The maximum Gasteiger partial charge on any atom is 0.258 e. The summed E-state index contributed by atoms with van der Waals surface area (Å²) in [5.74, 6) is -0.344. The van der Waals surface area contributed by atoms with Gasteiger partial charge in [0, 0.05) is 11.6 Å². The first-order valence-corrected chi connectivity index (χ1v) is 6.49. The van der Waals surface area contributed by atoms with Crippen LogP contribution in [-0.4, -0.2) is 4.57 Å². The summed E-state index contributed by atoms with van der Waals surface area (Å²) in [5.41, 5.74) is 1.66. The Hall–Kier alpha value is -2.42. The molecule has 0 unspecified atom stereocenters. The van der Waals surface area contributed by atoms with E-state index in [4.69, 9.17) is 0 Å². The summed E-state index contributed by atoms with van der Waals surface area (Å²) in [6, 6.07) is 14.4. The fourth-order valence-electron chi connectivity index (χ4n) is 2.51. The average Bonchev–Trinajstić information content (AvgIpc) is 2.45. The lowest BCUT2D eigenvalue weighted by atomic mass is 10.1. The van der Waals surface area contributed by atoms with Gasteiger partial charge >= 0.3 is 0 Å². The fourth-order valence-corrected chi connectivity index (χ4v) is 2.51. The molecule has 100 valence electrons. The number of rotatable bonds is 2. The Balaban J connectivity index is 2.19. The van der Waals surface area contributed by atoms with Crippen molar-refractivity contribution in [2.24, 2.45) is 0 Å². The van der Waals surface area contributed by atoms with Crippen LogP contribution in [0.15, 0.2) is 59.5 Å². The van der Waals surface area contributed by atoms with Crippen LogP contribution in [0.5, 0.6) is 0 Å². The number of benzene rings is 2. The second-order valence-electron chi connectivity index (χ2n) is 4.89. The summed E-state index contributed by atoms with van der Waals surface area (Å²) in [5, 5.41) is 0.850. The molecule has 0 aliphatic heterocycles. The predicted octanol–water partition coefficient (Wildman–Crippen LogP) is 3.50. The van der Waals surface area contributed by atoms with E-state index in [2.05, 4.69) is 0 Å². The minimum Gasteiger partial charge on any atom is -0.310 e. The van der Waals surface area contributed by atoms with Gasteiger partial charge in [0.1, 0.15) is 5.82 Å². The molecule has 0 spiro atoms. The Labute approximate surface area is 116 Å². The van der Waals surface area contributed by atoms with Gasteiger partial charge in [-0.15, -0.1) is 0 Å². The van der Waals surface area contributed by atoms with Gasteiger partial charge < -0.3 is 4.57 Å². The van der Waals surface area contributed by atoms with Crippen molar-refractivity contribution in [1.29, 1.82) is 0 Å². The van der Waals surface area contributed by atoms with Crippen molar-refractivity contribution in [3.63, 3.8) is 0 Å². The number of hydrogen-bond acceptors (Lipinski definition) is 1. The molecule has 0 aliphatic carbocycles. The molecule has 0 aliphatic rings. The Morgan fingerprint density at radius 2 is 1.80 bits per heavy atom. The third-order valence-corrected chi connectivity index (χ3v) is 3.44. The van der Waals surface area contributed by atoms with Crippen LogP contribution in [0.3, 0.4) is 0 Å². The van der Waals surface area contributed by atoms with E-state index in [0.717, 1.165) is 11.1 Å². The summed E-state index contributed by atoms with van der Waals surface area (Å²) < 4.78 is 15.5. The van der Waals surface area contributed by atoms with Crippen LogP contribution >= 0.6 is 0 Å². The molecule has 2 aromatic carbocycles. The third-order valence-electron chi connectivity index (χ3n) is 3.44. The molecular formula is C17H14FNO. The van der Waals surface area contributed by atoms with Crippen molar-refractivity contribution < 1.29 is 4.39 Å². The highest BCUT2D eigenvalue weighted by molar-refractivity contribution is 5.85. The van der Waals surface area contributed by atoms with Gasteiger partial charge in [0.2, 0.25) is 0 Å². The lowest BCUT2D eigenvalue weighted by Crippen LogP contribution is -2.21. The molecule has 0 amide bonds. The first-order valence-electron chi connectivity index (χ1n) is 6.49. The Morgan fingerprint density at radius 1 is 1.05 bits per heavy atom. The number of fused-ring (bicyclic) bond motifs is 1. The van der Waals surface area contributed by atoms with Crippen molar-refractivity contribution in [3.8, 4) is 0 Å². The maximum absolute atomic E-state index is 13.8. The van der Waals surface area contributed by atoms with Gasteiger partial charge in [-0.05, 0) is 30.2 Å². The maximum atomic E-state index is 13.8. The van der Waals surface area contributed by atoms with Crippen LogP contribution in [0.1, 0.15) is 11.1 Å². The SMILES string of the molecule is Cc1cn(Cc2ccccc2)c(=O)c2cccc(F)c12. The highest BCUT2D eigenvalue weighted by Gasteiger charge is 2.10. The second kappa shape index (κ2) is 4.93. The number of pyridine rings is 1. The molecule has 0 bridgehead atoms. The molecule has 0 saturated carbocycles. The number of hydrogen-bond donors (Lipinski definition) is 0. The third kappa shape index (κ3) is 2.11.